The zero-order valence-corrected chi connectivity index (χ0v) is 33.6. The number of amides is 2. The van der Waals surface area contributed by atoms with Gasteiger partial charge in [0.1, 0.15) is 5.75 Å². The number of fused-ring (bicyclic) bond motifs is 1. The molecule has 0 spiro atoms. The Morgan fingerprint density at radius 1 is 0.731 bits per heavy atom. The summed E-state index contributed by atoms with van der Waals surface area (Å²) in [6.07, 6.45) is 26.5. The number of nitrogens with one attached hydrogen (secondary N) is 2. The van der Waals surface area contributed by atoms with E-state index in [2.05, 4.69) is 46.0 Å². The first kappa shape index (κ1) is 43.7. The number of rotatable bonds is 30. The van der Waals surface area contributed by atoms with Crippen molar-refractivity contribution in [3.63, 3.8) is 0 Å². The normalized spacial score (nSPS) is 13.9. The second-order valence-corrected chi connectivity index (χ2v) is 15.9. The summed E-state index contributed by atoms with van der Waals surface area (Å²) >= 11 is 1.84. The van der Waals surface area contributed by atoms with Gasteiger partial charge in [0, 0.05) is 43.4 Å². The molecule has 0 aliphatic heterocycles. The van der Waals surface area contributed by atoms with Crippen LogP contribution in [0.2, 0.25) is 0 Å². The van der Waals surface area contributed by atoms with Crippen molar-refractivity contribution in [2.75, 3.05) is 26.2 Å². The number of thiophene rings is 1. The smallest absolute Gasteiger partial charge is 0.312 e. The van der Waals surface area contributed by atoms with Crippen molar-refractivity contribution in [1.29, 1.82) is 0 Å². The summed E-state index contributed by atoms with van der Waals surface area (Å²) in [6, 6.07) is 11.0. The largest absolute Gasteiger partial charge is 0.426 e. The van der Waals surface area contributed by atoms with E-state index in [4.69, 9.17) is 4.74 Å². The molecule has 0 saturated heterocycles. The van der Waals surface area contributed by atoms with Crippen LogP contribution in [-0.2, 0) is 33.6 Å². The number of hydrogen-bond donors (Lipinski definition) is 2. The van der Waals surface area contributed by atoms with Crippen molar-refractivity contribution < 1.29 is 19.1 Å². The maximum atomic E-state index is 12.7. The van der Waals surface area contributed by atoms with Crippen LogP contribution in [0.15, 0.2) is 35.7 Å². The Bertz CT molecular complexity index is 1250. The highest BCUT2D eigenvalue weighted by molar-refractivity contribution is 7.09. The minimum Gasteiger partial charge on any atom is -0.426 e. The van der Waals surface area contributed by atoms with E-state index in [0.29, 0.717) is 31.2 Å². The molecule has 0 saturated carbocycles. The quantitative estimate of drug-likeness (QED) is 0.0474. The highest BCUT2D eigenvalue weighted by atomic mass is 32.1. The molecule has 52 heavy (non-hydrogen) atoms. The number of esters is 1. The molecule has 1 unspecified atom stereocenters. The van der Waals surface area contributed by atoms with Crippen molar-refractivity contribution in [1.82, 2.24) is 15.5 Å². The zero-order valence-electron chi connectivity index (χ0n) is 32.8. The maximum absolute atomic E-state index is 12.7. The van der Waals surface area contributed by atoms with Crippen LogP contribution in [0.5, 0.6) is 5.75 Å². The number of carbonyl (C=O) groups is 3. The highest BCUT2D eigenvalue weighted by Gasteiger charge is 2.26. The van der Waals surface area contributed by atoms with E-state index < -0.39 is 0 Å². The van der Waals surface area contributed by atoms with Gasteiger partial charge in [-0.1, -0.05) is 115 Å². The lowest BCUT2D eigenvalue weighted by Crippen LogP contribution is -2.41. The first-order chi connectivity index (χ1) is 25.5. The molecule has 0 radical (unpaired) electrons. The van der Waals surface area contributed by atoms with Crippen molar-refractivity contribution in [3.05, 3.63) is 51.7 Å². The minimum atomic E-state index is -0.281. The average Bonchev–Trinajstić information content (AvgIpc) is 3.67. The van der Waals surface area contributed by atoms with Gasteiger partial charge in [-0.05, 0) is 87.1 Å². The maximum Gasteiger partial charge on any atom is 0.312 e. The Morgan fingerprint density at radius 2 is 1.33 bits per heavy atom. The molecule has 8 heteroatoms. The monoisotopic (exact) mass is 738 g/mol. The predicted molar refractivity (Wildman–Crippen MR) is 217 cm³/mol. The van der Waals surface area contributed by atoms with Gasteiger partial charge in [-0.2, -0.15) is 0 Å². The van der Waals surface area contributed by atoms with E-state index in [0.717, 1.165) is 71.0 Å². The summed E-state index contributed by atoms with van der Waals surface area (Å²) in [5.74, 6) is 0.638. The van der Waals surface area contributed by atoms with E-state index in [1.807, 2.05) is 30.4 Å². The molecule has 1 aromatic carbocycles. The first-order valence-electron chi connectivity index (χ1n) is 21.1. The topological polar surface area (TPSA) is 87.7 Å². The summed E-state index contributed by atoms with van der Waals surface area (Å²) in [5.41, 5.74) is 2.47. The number of carbonyl (C=O) groups excluding carboxylic acids is 3. The van der Waals surface area contributed by atoms with Crippen LogP contribution in [0.3, 0.4) is 0 Å². The summed E-state index contributed by atoms with van der Waals surface area (Å²) in [7, 11) is 0. The van der Waals surface area contributed by atoms with Gasteiger partial charge in [0.25, 0.3) is 0 Å². The van der Waals surface area contributed by atoms with Gasteiger partial charge in [-0.3, -0.25) is 19.3 Å². The Labute approximate surface area is 320 Å². The Hall–Kier alpha value is -2.71. The fourth-order valence-electron chi connectivity index (χ4n) is 7.53. The third-order valence-electron chi connectivity index (χ3n) is 10.5. The molecular formula is C44H71N3O4S. The summed E-state index contributed by atoms with van der Waals surface area (Å²) in [4.78, 5) is 40.6. The van der Waals surface area contributed by atoms with Gasteiger partial charge in [-0.25, -0.2) is 0 Å². The summed E-state index contributed by atoms with van der Waals surface area (Å²) < 4.78 is 5.83. The molecule has 1 aliphatic rings. The van der Waals surface area contributed by atoms with Crippen LogP contribution >= 0.6 is 11.3 Å². The Kier molecular flexibility index (Phi) is 23.4. The van der Waals surface area contributed by atoms with Crippen molar-refractivity contribution >= 4 is 29.1 Å². The predicted octanol–water partition coefficient (Wildman–Crippen LogP) is 10.1. The van der Waals surface area contributed by atoms with Crippen molar-refractivity contribution in [3.8, 4) is 5.75 Å². The van der Waals surface area contributed by atoms with Crippen LogP contribution in [0.25, 0.3) is 0 Å². The van der Waals surface area contributed by atoms with Gasteiger partial charge >= 0.3 is 5.97 Å². The SMILES string of the molecule is CCCN(CCc1cccs1)C1CCc2c(cccc2OC(=O)CCNC(=O)CCCCCCCCCCCCCCCCCCC(=O)NCC)C1. The average molecular weight is 738 g/mol. The number of unbranched alkanes of at least 4 members (excludes halogenated alkanes) is 15. The van der Waals surface area contributed by atoms with Gasteiger partial charge < -0.3 is 15.4 Å². The molecular weight excluding hydrogens is 667 g/mol. The fraction of sp³-hybridized carbons (Fsp3) is 0.705. The molecule has 2 N–H and O–H groups in total. The van der Waals surface area contributed by atoms with E-state index in [1.165, 1.54) is 99.5 Å². The number of benzene rings is 1. The van der Waals surface area contributed by atoms with Gasteiger partial charge in [0.2, 0.25) is 11.8 Å². The van der Waals surface area contributed by atoms with Crippen molar-refractivity contribution in [2.45, 2.75) is 174 Å². The molecule has 0 bridgehead atoms. The van der Waals surface area contributed by atoms with Crippen molar-refractivity contribution in [2.24, 2.45) is 0 Å². The third-order valence-corrected chi connectivity index (χ3v) is 11.4. The minimum absolute atomic E-state index is 0.0306. The van der Waals surface area contributed by atoms with Gasteiger partial charge in [-0.15, -0.1) is 11.3 Å². The van der Waals surface area contributed by atoms with Crippen LogP contribution in [0, 0.1) is 0 Å². The number of nitrogens with zero attached hydrogens (tertiary/aromatic N) is 1. The molecule has 3 rings (SSSR count). The highest BCUT2D eigenvalue weighted by Crippen LogP contribution is 2.32. The Morgan fingerprint density at radius 3 is 1.88 bits per heavy atom. The van der Waals surface area contributed by atoms with Crippen LogP contribution in [0.4, 0.5) is 0 Å². The molecule has 7 nitrogen and oxygen atoms in total. The lowest BCUT2D eigenvalue weighted by molar-refractivity contribution is -0.134. The third kappa shape index (κ3) is 18.9. The zero-order chi connectivity index (χ0) is 37.1. The Balaban J connectivity index is 1.14. The summed E-state index contributed by atoms with van der Waals surface area (Å²) in [5, 5.41) is 7.94. The molecule has 1 heterocycles. The van der Waals surface area contributed by atoms with Crippen LogP contribution < -0.4 is 15.4 Å². The standard InChI is InChI=1S/C44H71N3O4S/c1-3-33-47(34-31-39-24-22-35-52-39)38-28-29-40-37(36-38)23-21-25-41(40)51-44(50)30-32-46-43(49)27-20-18-16-14-12-10-8-6-5-7-9-11-13-15-17-19-26-42(48)45-4-2/h21-25,35,38H,3-20,26-34,36H2,1-2H3,(H,45,48)(H,46,49). The summed E-state index contributed by atoms with van der Waals surface area (Å²) in [6.45, 7) is 7.48. The van der Waals surface area contributed by atoms with Gasteiger partial charge in [0.05, 0.1) is 6.42 Å². The molecule has 1 aliphatic carbocycles. The fourth-order valence-corrected chi connectivity index (χ4v) is 8.23. The lowest BCUT2D eigenvalue weighted by Gasteiger charge is -2.35. The molecule has 2 amide bonds. The van der Waals surface area contributed by atoms with E-state index >= 15 is 0 Å². The van der Waals surface area contributed by atoms with E-state index in [9.17, 15) is 14.4 Å². The van der Waals surface area contributed by atoms with Crippen LogP contribution in [-0.4, -0.2) is 54.9 Å². The second-order valence-electron chi connectivity index (χ2n) is 14.8. The molecule has 292 valence electrons. The molecule has 1 aromatic heterocycles. The van der Waals surface area contributed by atoms with E-state index in [1.54, 1.807) is 0 Å². The van der Waals surface area contributed by atoms with Crippen LogP contribution in [0.1, 0.15) is 165 Å². The molecule has 2 aromatic rings. The second kappa shape index (κ2) is 27.8. The van der Waals surface area contributed by atoms with Gasteiger partial charge in [0.15, 0.2) is 0 Å². The molecule has 1 atom stereocenters. The van der Waals surface area contributed by atoms with E-state index in [-0.39, 0.29) is 24.2 Å². The lowest BCUT2D eigenvalue weighted by atomic mass is 9.86. The number of ether oxygens (including phenoxy) is 1. The molecule has 0 fully saturated rings. The number of hydrogen-bond acceptors (Lipinski definition) is 6. The first-order valence-corrected chi connectivity index (χ1v) is 22.0.